The van der Waals surface area contributed by atoms with Crippen LogP contribution in [0.3, 0.4) is 0 Å². The molecule has 3 nitrogen and oxygen atoms in total. The highest BCUT2D eigenvalue weighted by molar-refractivity contribution is 5.30. The summed E-state index contributed by atoms with van der Waals surface area (Å²) in [4.78, 5) is 2.63. The van der Waals surface area contributed by atoms with E-state index >= 15 is 0 Å². The van der Waals surface area contributed by atoms with Crippen molar-refractivity contribution in [3.8, 4) is 5.75 Å². The zero-order valence-electron chi connectivity index (χ0n) is 13.3. The fourth-order valence-electron chi connectivity index (χ4n) is 3.87. The van der Waals surface area contributed by atoms with Crippen LogP contribution in [0.2, 0.25) is 0 Å². The molecule has 2 aliphatic rings. The van der Waals surface area contributed by atoms with Gasteiger partial charge in [0.25, 0.3) is 0 Å². The summed E-state index contributed by atoms with van der Waals surface area (Å²) >= 11 is 0. The summed E-state index contributed by atoms with van der Waals surface area (Å²) in [5.74, 6) is 2.43. The Morgan fingerprint density at radius 1 is 1.14 bits per heavy atom. The predicted octanol–water partition coefficient (Wildman–Crippen LogP) is 3.00. The third-order valence-electron chi connectivity index (χ3n) is 5.04. The quantitative estimate of drug-likeness (QED) is 0.925. The van der Waals surface area contributed by atoms with Gasteiger partial charge in [-0.15, -0.1) is 0 Å². The number of nitrogens with two attached hydrogens (primary N) is 1. The van der Waals surface area contributed by atoms with Gasteiger partial charge in [0.2, 0.25) is 0 Å². The van der Waals surface area contributed by atoms with Crippen molar-refractivity contribution >= 4 is 0 Å². The molecule has 0 bridgehead atoms. The average molecular weight is 288 g/mol. The van der Waals surface area contributed by atoms with Crippen LogP contribution in [0.15, 0.2) is 24.3 Å². The second kappa shape index (κ2) is 6.37. The second-order valence-electron chi connectivity index (χ2n) is 6.88. The summed E-state index contributed by atoms with van der Waals surface area (Å²) in [6.45, 7) is 7.33. The monoisotopic (exact) mass is 288 g/mol. The van der Waals surface area contributed by atoms with Crippen LogP contribution in [0.4, 0.5) is 0 Å². The summed E-state index contributed by atoms with van der Waals surface area (Å²) in [6.07, 6.45) is 3.80. The van der Waals surface area contributed by atoms with E-state index in [2.05, 4.69) is 36.1 Å². The largest absolute Gasteiger partial charge is 0.494 e. The Balaban J connectivity index is 1.66. The Kier molecular flexibility index (Phi) is 4.51. The molecule has 1 aromatic carbocycles. The van der Waals surface area contributed by atoms with E-state index in [1.807, 2.05) is 6.92 Å². The Morgan fingerprint density at radius 2 is 1.86 bits per heavy atom. The van der Waals surface area contributed by atoms with Crippen LogP contribution >= 0.6 is 0 Å². The first-order valence-electron chi connectivity index (χ1n) is 8.38. The highest BCUT2D eigenvalue weighted by Crippen LogP contribution is 2.36. The average Bonchev–Trinajstić information content (AvgIpc) is 2.44. The van der Waals surface area contributed by atoms with Gasteiger partial charge in [-0.05, 0) is 55.7 Å². The first-order valence-corrected chi connectivity index (χ1v) is 8.38. The van der Waals surface area contributed by atoms with Gasteiger partial charge in [-0.1, -0.05) is 19.1 Å². The highest BCUT2D eigenvalue weighted by atomic mass is 16.5. The number of piperidine rings is 1. The normalized spacial score (nSPS) is 33.5. The molecule has 1 heterocycles. The summed E-state index contributed by atoms with van der Waals surface area (Å²) in [5, 5.41) is 0. The molecule has 0 amide bonds. The standard InChI is InChI=1S/C18H28N2O/c1-3-21-18-6-4-14(5-7-18)15-10-16(19)12-20(11-15)17-8-13(2)9-17/h4-7,13,15-17H,3,8-12,19H2,1-2H3. The van der Waals surface area contributed by atoms with Gasteiger partial charge >= 0.3 is 0 Å². The fraction of sp³-hybridized carbons (Fsp3) is 0.667. The molecule has 3 heteroatoms. The van der Waals surface area contributed by atoms with Crippen molar-refractivity contribution in [2.75, 3.05) is 19.7 Å². The van der Waals surface area contributed by atoms with E-state index in [0.29, 0.717) is 12.0 Å². The van der Waals surface area contributed by atoms with E-state index in [0.717, 1.165) is 37.3 Å². The maximum Gasteiger partial charge on any atom is 0.119 e. The Bertz CT molecular complexity index is 453. The lowest BCUT2D eigenvalue weighted by Crippen LogP contribution is -2.53. The molecule has 116 valence electrons. The molecule has 1 aromatic rings. The Hall–Kier alpha value is -1.06. The van der Waals surface area contributed by atoms with Crippen LogP contribution in [0.1, 0.15) is 44.6 Å². The number of hydrogen-bond donors (Lipinski definition) is 1. The predicted molar refractivity (Wildman–Crippen MR) is 86.7 cm³/mol. The van der Waals surface area contributed by atoms with Gasteiger partial charge in [-0.25, -0.2) is 0 Å². The topological polar surface area (TPSA) is 38.5 Å². The molecular weight excluding hydrogens is 260 g/mol. The minimum Gasteiger partial charge on any atom is -0.494 e. The molecule has 1 aliphatic heterocycles. The molecule has 2 atom stereocenters. The van der Waals surface area contributed by atoms with Crippen LogP contribution in [0, 0.1) is 5.92 Å². The number of nitrogens with zero attached hydrogens (tertiary/aromatic N) is 1. The molecule has 2 fully saturated rings. The first kappa shape index (κ1) is 14.9. The molecule has 21 heavy (non-hydrogen) atoms. The molecule has 2 N–H and O–H groups in total. The van der Waals surface area contributed by atoms with Crippen molar-refractivity contribution in [2.45, 2.75) is 51.1 Å². The maximum atomic E-state index is 6.32. The molecule has 0 radical (unpaired) electrons. The molecule has 2 unspecified atom stereocenters. The van der Waals surface area contributed by atoms with Crippen LogP contribution in [-0.2, 0) is 0 Å². The van der Waals surface area contributed by atoms with Crippen LogP contribution in [0.5, 0.6) is 5.75 Å². The van der Waals surface area contributed by atoms with Gasteiger partial charge in [-0.3, -0.25) is 4.90 Å². The van der Waals surface area contributed by atoms with Crippen LogP contribution < -0.4 is 10.5 Å². The van der Waals surface area contributed by atoms with Crippen LogP contribution in [-0.4, -0.2) is 36.7 Å². The van der Waals surface area contributed by atoms with Crippen molar-refractivity contribution < 1.29 is 4.74 Å². The van der Waals surface area contributed by atoms with E-state index in [1.54, 1.807) is 0 Å². The van der Waals surface area contributed by atoms with E-state index in [9.17, 15) is 0 Å². The Morgan fingerprint density at radius 3 is 2.48 bits per heavy atom. The molecule has 1 aliphatic carbocycles. The number of likely N-dealkylation sites (tertiary alicyclic amines) is 1. The maximum absolute atomic E-state index is 6.32. The Labute approximate surface area is 128 Å². The van der Waals surface area contributed by atoms with Crippen molar-refractivity contribution in [1.29, 1.82) is 0 Å². The summed E-state index contributed by atoms with van der Waals surface area (Å²) in [6, 6.07) is 9.70. The number of hydrogen-bond acceptors (Lipinski definition) is 3. The van der Waals surface area contributed by atoms with E-state index in [1.165, 1.54) is 24.9 Å². The molecule has 3 rings (SSSR count). The minimum absolute atomic E-state index is 0.311. The minimum atomic E-state index is 0.311. The third-order valence-corrected chi connectivity index (χ3v) is 5.04. The third kappa shape index (κ3) is 3.41. The van der Waals surface area contributed by atoms with Gasteiger partial charge in [-0.2, -0.15) is 0 Å². The highest BCUT2D eigenvalue weighted by Gasteiger charge is 2.35. The van der Waals surface area contributed by atoms with Gasteiger partial charge in [0.05, 0.1) is 6.61 Å². The van der Waals surface area contributed by atoms with Gasteiger partial charge in [0, 0.05) is 25.2 Å². The lowest BCUT2D eigenvalue weighted by molar-refractivity contribution is 0.0542. The smallest absolute Gasteiger partial charge is 0.119 e. The lowest BCUT2D eigenvalue weighted by atomic mass is 9.78. The van der Waals surface area contributed by atoms with Crippen molar-refractivity contribution in [2.24, 2.45) is 11.7 Å². The van der Waals surface area contributed by atoms with Crippen molar-refractivity contribution in [3.05, 3.63) is 29.8 Å². The number of rotatable bonds is 4. The molecule has 1 saturated carbocycles. The first-order chi connectivity index (χ1) is 10.2. The summed E-state index contributed by atoms with van der Waals surface area (Å²) in [5.41, 5.74) is 7.72. The summed E-state index contributed by atoms with van der Waals surface area (Å²) < 4.78 is 5.53. The molecule has 1 saturated heterocycles. The summed E-state index contributed by atoms with van der Waals surface area (Å²) in [7, 11) is 0. The zero-order valence-corrected chi connectivity index (χ0v) is 13.3. The number of ether oxygens (including phenoxy) is 1. The number of benzene rings is 1. The molecular formula is C18H28N2O. The van der Waals surface area contributed by atoms with Gasteiger partial charge < -0.3 is 10.5 Å². The SMILES string of the molecule is CCOc1ccc(C2CC(N)CN(C3CC(C)C3)C2)cc1. The van der Waals surface area contributed by atoms with Gasteiger partial charge in [0.1, 0.15) is 5.75 Å². The van der Waals surface area contributed by atoms with E-state index < -0.39 is 0 Å². The second-order valence-corrected chi connectivity index (χ2v) is 6.88. The van der Waals surface area contributed by atoms with E-state index in [-0.39, 0.29) is 0 Å². The zero-order chi connectivity index (χ0) is 14.8. The lowest BCUT2D eigenvalue weighted by Gasteiger charge is -2.47. The van der Waals surface area contributed by atoms with Gasteiger partial charge in [0.15, 0.2) is 0 Å². The molecule has 0 aromatic heterocycles. The van der Waals surface area contributed by atoms with E-state index in [4.69, 9.17) is 10.5 Å². The van der Waals surface area contributed by atoms with Crippen molar-refractivity contribution in [3.63, 3.8) is 0 Å². The molecule has 0 spiro atoms. The van der Waals surface area contributed by atoms with Crippen LogP contribution in [0.25, 0.3) is 0 Å². The fourth-order valence-corrected chi connectivity index (χ4v) is 3.87. The van der Waals surface area contributed by atoms with Crippen molar-refractivity contribution in [1.82, 2.24) is 4.90 Å².